The maximum atomic E-state index is 13.3. The molecular weight excluding hydrogens is 249 g/mol. The van der Waals surface area contributed by atoms with Gasteiger partial charge < -0.3 is 9.80 Å². The van der Waals surface area contributed by atoms with E-state index in [1.165, 1.54) is 21.9 Å². The summed E-state index contributed by atoms with van der Waals surface area (Å²) in [5.74, 6) is -0.872. The molecule has 1 aliphatic rings. The zero-order valence-electron chi connectivity index (χ0n) is 10.4. The Labute approximate surface area is 109 Å². The summed E-state index contributed by atoms with van der Waals surface area (Å²) in [7, 11) is 1.56. The molecular formula is C13H12FN3O2. The summed E-state index contributed by atoms with van der Waals surface area (Å²) < 4.78 is 13.3. The maximum absolute atomic E-state index is 13.3. The topological polar surface area (TPSA) is 64.4 Å². The second-order valence-corrected chi connectivity index (χ2v) is 4.46. The average molecular weight is 261 g/mol. The molecule has 0 aromatic heterocycles. The summed E-state index contributed by atoms with van der Waals surface area (Å²) in [5, 5.41) is 8.76. The third kappa shape index (κ3) is 2.88. The smallest absolute Gasteiger partial charge is 0.242 e. The Bertz CT molecular complexity index is 580. The molecule has 19 heavy (non-hydrogen) atoms. The molecule has 1 aliphatic heterocycles. The summed E-state index contributed by atoms with van der Waals surface area (Å²) in [5.41, 5.74) is 0.699. The van der Waals surface area contributed by atoms with Crippen molar-refractivity contribution in [2.24, 2.45) is 0 Å². The molecule has 6 heteroatoms. The normalized spacial score (nSPS) is 15.6. The van der Waals surface area contributed by atoms with E-state index in [1.54, 1.807) is 7.05 Å². The molecule has 2 amide bonds. The average Bonchev–Trinajstić information content (AvgIpc) is 2.35. The van der Waals surface area contributed by atoms with Crippen LogP contribution in [0.25, 0.3) is 0 Å². The number of hydrogen-bond donors (Lipinski definition) is 0. The lowest BCUT2D eigenvalue weighted by molar-refractivity contribution is -0.149. The molecule has 0 bridgehead atoms. The monoisotopic (exact) mass is 261 g/mol. The molecule has 0 saturated carbocycles. The molecule has 98 valence electrons. The predicted molar refractivity (Wildman–Crippen MR) is 64.2 cm³/mol. The number of amides is 2. The molecule has 0 unspecified atom stereocenters. The van der Waals surface area contributed by atoms with Gasteiger partial charge in [-0.25, -0.2) is 4.39 Å². The van der Waals surface area contributed by atoms with Crippen LogP contribution in [-0.2, 0) is 16.1 Å². The van der Waals surface area contributed by atoms with Crippen LogP contribution in [0.3, 0.4) is 0 Å². The Morgan fingerprint density at radius 2 is 2.00 bits per heavy atom. The fourth-order valence-corrected chi connectivity index (χ4v) is 1.93. The van der Waals surface area contributed by atoms with Crippen LogP contribution < -0.4 is 0 Å². The van der Waals surface area contributed by atoms with Crippen molar-refractivity contribution in [3.63, 3.8) is 0 Å². The first-order valence-electron chi connectivity index (χ1n) is 5.71. The summed E-state index contributed by atoms with van der Waals surface area (Å²) in [4.78, 5) is 26.0. The van der Waals surface area contributed by atoms with Crippen LogP contribution in [0.5, 0.6) is 0 Å². The molecule has 0 spiro atoms. The molecule has 1 fully saturated rings. The standard InChI is InChI=1S/C13H12FN3O2/c1-16-7-13(19)17(8-12(16)18)6-10-2-9(5-15)3-11(14)4-10/h2-4H,6-8H2,1H3. The SMILES string of the molecule is CN1CC(=O)N(Cc2cc(F)cc(C#N)c2)CC1=O. The first kappa shape index (κ1) is 13.0. The van der Waals surface area contributed by atoms with E-state index in [9.17, 15) is 14.0 Å². The van der Waals surface area contributed by atoms with Gasteiger partial charge in [0.2, 0.25) is 11.8 Å². The highest BCUT2D eigenvalue weighted by molar-refractivity contribution is 5.92. The van der Waals surface area contributed by atoms with Crippen LogP contribution in [0, 0.1) is 17.1 Å². The van der Waals surface area contributed by atoms with Crippen LogP contribution in [0.15, 0.2) is 18.2 Å². The van der Waals surface area contributed by atoms with E-state index < -0.39 is 5.82 Å². The van der Waals surface area contributed by atoms with E-state index in [2.05, 4.69) is 0 Å². The van der Waals surface area contributed by atoms with Gasteiger partial charge in [0.05, 0.1) is 18.2 Å². The number of piperazine rings is 1. The predicted octanol–water partition coefficient (Wildman–Crippen LogP) is 0.498. The lowest BCUT2D eigenvalue weighted by atomic mass is 10.1. The van der Waals surface area contributed by atoms with Crippen molar-refractivity contribution in [1.82, 2.24) is 9.80 Å². The fraction of sp³-hybridized carbons (Fsp3) is 0.308. The second kappa shape index (κ2) is 5.06. The number of hydrogen-bond acceptors (Lipinski definition) is 3. The Hall–Kier alpha value is -2.42. The number of carbonyl (C=O) groups excluding carboxylic acids is 2. The van der Waals surface area contributed by atoms with E-state index in [4.69, 9.17) is 5.26 Å². The Morgan fingerprint density at radius 3 is 2.68 bits per heavy atom. The van der Waals surface area contributed by atoms with E-state index in [0.717, 1.165) is 6.07 Å². The summed E-state index contributed by atoms with van der Waals surface area (Å²) in [6.07, 6.45) is 0. The van der Waals surface area contributed by atoms with Gasteiger partial charge in [-0.3, -0.25) is 9.59 Å². The van der Waals surface area contributed by atoms with Crippen molar-refractivity contribution >= 4 is 11.8 Å². The van der Waals surface area contributed by atoms with Crippen molar-refractivity contribution in [3.05, 3.63) is 35.1 Å². The van der Waals surface area contributed by atoms with Crippen LogP contribution >= 0.6 is 0 Å². The van der Waals surface area contributed by atoms with Gasteiger partial charge >= 0.3 is 0 Å². The van der Waals surface area contributed by atoms with Gasteiger partial charge in [-0.2, -0.15) is 5.26 Å². The number of carbonyl (C=O) groups is 2. The van der Waals surface area contributed by atoms with Crippen LogP contribution in [0.2, 0.25) is 0 Å². The van der Waals surface area contributed by atoms with Gasteiger partial charge in [0, 0.05) is 13.6 Å². The zero-order valence-corrected chi connectivity index (χ0v) is 10.4. The molecule has 0 aliphatic carbocycles. The Morgan fingerprint density at radius 1 is 1.26 bits per heavy atom. The lowest BCUT2D eigenvalue weighted by Crippen LogP contribution is -2.51. The molecule has 5 nitrogen and oxygen atoms in total. The van der Waals surface area contributed by atoms with Crippen molar-refractivity contribution < 1.29 is 14.0 Å². The number of rotatable bonds is 2. The van der Waals surface area contributed by atoms with Gasteiger partial charge in [0.1, 0.15) is 12.4 Å². The van der Waals surface area contributed by atoms with Crippen LogP contribution in [-0.4, -0.2) is 41.8 Å². The number of nitriles is 1. The molecule has 1 aromatic carbocycles. The summed E-state index contributed by atoms with van der Waals surface area (Å²) >= 11 is 0. The highest BCUT2D eigenvalue weighted by Gasteiger charge is 2.27. The highest BCUT2D eigenvalue weighted by atomic mass is 19.1. The quantitative estimate of drug-likeness (QED) is 0.778. The van der Waals surface area contributed by atoms with E-state index in [0.29, 0.717) is 5.56 Å². The zero-order chi connectivity index (χ0) is 14.0. The number of nitrogens with zero attached hydrogens (tertiary/aromatic N) is 3. The maximum Gasteiger partial charge on any atom is 0.242 e. The Balaban J connectivity index is 2.17. The lowest BCUT2D eigenvalue weighted by Gasteiger charge is -2.31. The van der Waals surface area contributed by atoms with Gasteiger partial charge in [0.15, 0.2) is 0 Å². The minimum Gasteiger partial charge on any atom is -0.335 e. The molecule has 0 radical (unpaired) electrons. The third-order valence-electron chi connectivity index (χ3n) is 2.94. The van der Waals surface area contributed by atoms with Gasteiger partial charge in [-0.15, -0.1) is 0 Å². The number of halogens is 1. The second-order valence-electron chi connectivity index (χ2n) is 4.46. The molecule has 1 aromatic rings. The Kier molecular flexibility index (Phi) is 3.47. The van der Waals surface area contributed by atoms with E-state index in [1.807, 2.05) is 6.07 Å². The molecule has 1 saturated heterocycles. The van der Waals surface area contributed by atoms with Gasteiger partial charge in [-0.1, -0.05) is 0 Å². The first-order valence-corrected chi connectivity index (χ1v) is 5.71. The highest BCUT2D eigenvalue weighted by Crippen LogP contribution is 2.13. The molecule has 1 heterocycles. The number of benzene rings is 1. The van der Waals surface area contributed by atoms with Crippen molar-refractivity contribution in [1.29, 1.82) is 5.26 Å². The summed E-state index contributed by atoms with van der Waals surface area (Å²) in [6.45, 7) is 0.137. The van der Waals surface area contributed by atoms with Crippen LogP contribution in [0.4, 0.5) is 4.39 Å². The molecule has 2 rings (SSSR count). The summed E-state index contributed by atoms with van der Waals surface area (Å²) in [6, 6.07) is 5.75. The fourth-order valence-electron chi connectivity index (χ4n) is 1.93. The number of likely N-dealkylation sites (N-methyl/N-ethyl adjacent to an activating group) is 1. The first-order chi connectivity index (χ1) is 8.99. The van der Waals surface area contributed by atoms with Gasteiger partial charge in [-0.05, 0) is 23.8 Å². The van der Waals surface area contributed by atoms with Gasteiger partial charge in [0.25, 0.3) is 0 Å². The van der Waals surface area contributed by atoms with Crippen LogP contribution in [0.1, 0.15) is 11.1 Å². The molecule has 0 atom stereocenters. The minimum absolute atomic E-state index is 0.0201. The van der Waals surface area contributed by atoms with E-state index in [-0.39, 0.29) is 37.0 Å². The van der Waals surface area contributed by atoms with Crippen molar-refractivity contribution in [2.75, 3.05) is 20.1 Å². The van der Waals surface area contributed by atoms with E-state index >= 15 is 0 Å². The minimum atomic E-state index is -0.526. The third-order valence-corrected chi connectivity index (χ3v) is 2.94. The van der Waals surface area contributed by atoms with Crippen molar-refractivity contribution in [2.45, 2.75) is 6.54 Å². The molecule has 0 N–H and O–H groups in total. The largest absolute Gasteiger partial charge is 0.335 e. The van der Waals surface area contributed by atoms with Crippen molar-refractivity contribution in [3.8, 4) is 6.07 Å².